The summed E-state index contributed by atoms with van der Waals surface area (Å²) in [6, 6.07) is 5.16. The van der Waals surface area contributed by atoms with Gasteiger partial charge in [0.15, 0.2) is 0 Å². The Kier molecular flexibility index (Phi) is 7.01. The zero-order valence-corrected chi connectivity index (χ0v) is 13.9. The van der Waals surface area contributed by atoms with E-state index >= 15 is 0 Å². The van der Waals surface area contributed by atoms with Crippen LogP contribution < -0.4 is 5.32 Å². The van der Waals surface area contributed by atoms with E-state index in [9.17, 15) is 4.39 Å². The van der Waals surface area contributed by atoms with Crippen molar-refractivity contribution < 1.29 is 4.39 Å². The van der Waals surface area contributed by atoms with Crippen LogP contribution in [-0.4, -0.2) is 13.1 Å². The number of hydrogen-bond acceptors (Lipinski definition) is 1. The highest BCUT2D eigenvalue weighted by Gasteiger charge is 2.14. The third-order valence-corrected chi connectivity index (χ3v) is 3.78. The van der Waals surface area contributed by atoms with Gasteiger partial charge in [-0.3, -0.25) is 0 Å². The Labute approximate surface area is 125 Å². The Bertz CT molecular complexity index is 370. The SMILES string of the molecule is CC(C)CNCC(Cc1cc(F)cc(Br)c1)C(C)C. The van der Waals surface area contributed by atoms with Crippen LogP contribution in [0.5, 0.6) is 0 Å². The van der Waals surface area contributed by atoms with E-state index in [1.807, 2.05) is 6.07 Å². The second-order valence-electron chi connectivity index (χ2n) is 6.04. The summed E-state index contributed by atoms with van der Waals surface area (Å²) in [6.07, 6.45) is 0.916. The molecule has 0 aliphatic carbocycles. The maximum Gasteiger partial charge on any atom is 0.124 e. The molecule has 0 fully saturated rings. The first-order valence-corrected chi connectivity index (χ1v) is 7.83. The van der Waals surface area contributed by atoms with E-state index < -0.39 is 0 Å². The molecule has 1 unspecified atom stereocenters. The van der Waals surface area contributed by atoms with Crippen LogP contribution in [0.1, 0.15) is 33.3 Å². The largest absolute Gasteiger partial charge is 0.316 e. The molecular weight excluding hydrogens is 305 g/mol. The first-order chi connectivity index (χ1) is 8.88. The monoisotopic (exact) mass is 329 g/mol. The molecular formula is C16H25BrFN. The third-order valence-electron chi connectivity index (χ3n) is 3.32. The first-order valence-electron chi connectivity index (χ1n) is 7.04. The van der Waals surface area contributed by atoms with E-state index in [4.69, 9.17) is 0 Å². The van der Waals surface area contributed by atoms with E-state index in [-0.39, 0.29) is 5.82 Å². The highest BCUT2D eigenvalue weighted by atomic mass is 79.9. The predicted octanol–water partition coefficient (Wildman–Crippen LogP) is 4.65. The molecule has 0 saturated carbocycles. The molecule has 3 heteroatoms. The number of nitrogens with one attached hydrogen (secondary N) is 1. The summed E-state index contributed by atoms with van der Waals surface area (Å²) in [5, 5.41) is 3.51. The van der Waals surface area contributed by atoms with Gasteiger partial charge < -0.3 is 5.32 Å². The molecule has 0 aliphatic heterocycles. The van der Waals surface area contributed by atoms with E-state index in [0.29, 0.717) is 17.8 Å². The molecule has 0 heterocycles. The van der Waals surface area contributed by atoms with Gasteiger partial charge in [0.05, 0.1) is 0 Å². The summed E-state index contributed by atoms with van der Waals surface area (Å²) in [6.45, 7) is 10.9. The smallest absolute Gasteiger partial charge is 0.124 e. The van der Waals surface area contributed by atoms with Crippen molar-refractivity contribution in [3.05, 3.63) is 34.1 Å². The molecule has 1 aromatic rings. The van der Waals surface area contributed by atoms with Crippen LogP contribution in [0.2, 0.25) is 0 Å². The van der Waals surface area contributed by atoms with Crippen molar-refractivity contribution in [2.75, 3.05) is 13.1 Å². The van der Waals surface area contributed by atoms with E-state index in [1.54, 1.807) is 6.07 Å². The van der Waals surface area contributed by atoms with E-state index in [2.05, 4.69) is 48.9 Å². The van der Waals surface area contributed by atoms with Crippen molar-refractivity contribution >= 4 is 15.9 Å². The Morgan fingerprint density at radius 1 is 1.11 bits per heavy atom. The summed E-state index contributed by atoms with van der Waals surface area (Å²) in [4.78, 5) is 0. The molecule has 1 nitrogen and oxygen atoms in total. The molecule has 0 spiro atoms. The zero-order valence-electron chi connectivity index (χ0n) is 12.3. The summed E-state index contributed by atoms with van der Waals surface area (Å²) in [7, 11) is 0. The van der Waals surface area contributed by atoms with Crippen molar-refractivity contribution in [1.82, 2.24) is 5.32 Å². The number of benzene rings is 1. The fraction of sp³-hybridized carbons (Fsp3) is 0.625. The average Bonchev–Trinajstić information content (AvgIpc) is 2.25. The average molecular weight is 330 g/mol. The topological polar surface area (TPSA) is 12.0 Å². The van der Waals surface area contributed by atoms with Crippen molar-refractivity contribution in [3.63, 3.8) is 0 Å². The van der Waals surface area contributed by atoms with Crippen molar-refractivity contribution in [2.45, 2.75) is 34.1 Å². The lowest BCUT2D eigenvalue weighted by molar-refractivity contribution is 0.352. The third kappa shape index (κ3) is 6.53. The van der Waals surface area contributed by atoms with E-state index in [1.165, 1.54) is 6.07 Å². The molecule has 0 aromatic heterocycles. The van der Waals surface area contributed by atoms with Gasteiger partial charge in [-0.25, -0.2) is 4.39 Å². The van der Waals surface area contributed by atoms with Crippen LogP contribution in [-0.2, 0) is 6.42 Å². The number of rotatable bonds is 7. The molecule has 0 aliphatic rings. The fourth-order valence-electron chi connectivity index (χ4n) is 2.13. The summed E-state index contributed by atoms with van der Waals surface area (Å²) in [5.41, 5.74) is 1.07. The molecule has 19 heavy (non-hydrogen) atoms. The molecule has 1 aromatic carbocycles. The van der Waals surface area contributed by atoms with Crippen molar-refractivity contribution in [2.24, 2.45) is 17.8 Å². The fourth-order valence-corrected chi connectivity index (χ4v) is 2.65. The van der Waals surface area contributed by atoms with Crippen LogP contribution in [0.25, 0.3) is 0 Å². The molecule has 0 amide bonds. The minimum Gasteiger partial charge on any atom is -0.316 e. The Morgan fingerprint density at radius 2 is 1.79 bits per heavy atom. The highest BCUT2D eigenvalue weighted by Crippen LogP contribution is 2.21. The lowest BCUT2D eigenvalue weighted by Gasteiger charge is -2.22. The lowest BCUT2D eigenvalue weighted by atomic mass is 9.89. The van der Waals surface area contributed by atoms with Crippen LogP contribution >= 0.6 is 15.9 Å². The Hall–Kier alpha value is -0.410. The maximum absolute atomic E-state index is 13.4. The number of halogens is 2. The van der Waals surface area contributed by atoms with Gasteiger partial charge in [0.2, 0.25) is 0 Å². The van der Waals surface area contributed by atoms with Crippen LogP contribution in [0, 0.1) is 23.6 Å². The van der Waals surface area contributed by atoms with Gasteiger partial charge in [0.25, 0.3) is 0 Å². The van der Waals surface area contributed by atoms with Gasteiger partial charge >= 0.3 is 0 Å². The Balaban J connectivity index is 2.62. The van der Waals surface area contributed by atoms with Gasteiger partial charge in [-0.15, -0.1) is 0 Å². The van der Waals surface area contributed by atoms with Gasteiger partial charge in [-0.05, 0) is 61.0 Å². The minimum atomic E-state index is -0.165. The molecule has 0 bridgehead atoms. The van der Waals surface area contributed by atoms with Crippen LogP contribution in [0.15, 0.2) is 22.7 Å². The van der Waals surface area contributed by atoms with Gasteiger partial charge in [-0.2, -0.15) is 0 Å². The molecule has 0 radical (unpaired) electrons. The van der Waals surface area contributed by atoms with Gasteiger partial charge in [0.1, 0.15) is 5.82 Å². The second kappa shape index (κ2) is 8.01. The molecule has 0 saturated heterocycles. The first kappa shape index (κ1) is 16.6. The van der Waals surface area contributed by atoms with Gasteiger partial charge in [-0.1, -0.05) is 43.6 Å². The quantitative estimate of drug-likeness (QED) is 0.767. The van der Waals surface area contributed by atoms with Crippen molar-refractivity contribution in [3.8, 4) is 0 Å². The summed E-state index contributed by atoms with van der Waals surface area (Å²) >= 11 is 3.36. The summed E-state index contributed by atoms with van der Waals surface area (Å²) < 4.78 is 14.2. The maximum atomic E-state index is 13.4. The molecule has 1 atom stereocenters. The normalized spacial score (nSPS) is 13.3. The molecule has 1 rings (SSSR count). The lowest BCUT2D eigenvalue weighted by Crippen LogP contribution is -2.30. The summed E-state index contributed by atoms with van der Waals surface area (Å²) in [5.74, 6) is 1.62. The highest BCUT2D eigenvalue weighted by molar-refractivity contribution is 9.10. The van der Waals surface area contributed by atoms with Gasteiger partial charge in [0, 0.05) is 4.47 Å². The second-order valence-corrected chi connectivity index (χ2v) is 6.95. The standard InChI is InChI=1S/C16H25BrFN/c1-11(2)9-19-10-14(12(3)4)5-13-6-15(17)8-16(18)7-13/h6-8,11-12,14,19H,5,9-10H2,1-4H3. The van der Waals surface area contributed by atoms with Crippen LogP contribution in [0.4, 0.5) is 4.39 Å². The van der Waals surface area contributed by atoms with Crippen molar-refractivity contribution in [1.29, 1.82) is 0 Å². The molecule has 1 N–H and O–H groups in total. The molecule has 108 valence electrons. The predicted molar refractivity (Wildman–Crippen MR) is 83.8 cm³/mol. The Morgan fingerprint density at radius 3 is 2.32 bits per heavy atom. The van der Waals surface area contributed by atoms with E-state index in [0.717, 1.165) is 29.5 Å². The number of hydrogen-bond donors (Lipinski definition) is 1. The zero-order chi connectivity index (χ0) is 14.4. The minimum absolute atomic E-state index is 0.165. The van der Waals surface area contributed by atoms with Crippen LogP contribution in [0.3, 0.4) is 0 Å².